The fraction of sp³-hybridized carbons (Fsp3) is 0.118. The first-order valence-corrected chi connectivity index (χ1v) is 7.39. The Hall–Kier alpha value is -3.22. The van der Waals surface area contributed by atoms with E-state index in [0.717, 1.165) is 13.9 Å². The molecule has 120 valence electrons. The number of nitrogens with zero attached hydrogens (tertiary/aromatic N) is 3. The van der Waals surface area contributed by atoms with Crippen LogP contribution >= 0.6 is 0 Å². The molecule has 1 unspecified atom stereocenters. The average Bonchev–Trinajstić information content (AvgIpc) is 3.05. The molecule has 24 heavy (non-hydrogen) atoms. The van der Waals surface area contributed by atoms with Crippen molar-refractivity contribution in [2.24, 2.45) is 0 Å². The van der Waals surface area contributed by atoms with Crippen LogP contribution in [0, 0.1) is 5.82 Å². The molecule has 0 amide bonds. The number of rotatable bonds is 2. The van der Waals surface area contributed by atoms with Crippen LogP contribution in [-0.2, 0) is 0 Å². The highest BCUT2D eigenvalue weighted by Gasteiger charge is 2.36. The zero-order valence-corrected chi connectivity index (χ0v) is 12.4. The molecule has 1 aliphatic rings. The maximum absolute atomic E-state index is 14.1. The van der Waals surface area contributed by atoms with Crippen molar-refractivity contribution < 1.29 is 9.18 Å². The quantitative estimate of drug-likeness (QED) is 0.718. The van der Waals surface area contributed by atoms with Gasteiger partial charge in [0.15, 0.2) is 0 Å². The highest BCUT2D eigenvalue weighted by atomic mass is 19.1. The molecule has 2 aromatic carbocycles. The molecule has 6 nitrogen and oxygen atoms in total. The molecule has 1 atom stereocenters. The molecule has 0 radical (unpaired) electrons. The fourth-order valence-corrected chi connectivity index (χ4v) is 3.08. The summed E-state index contributed by atoms with van der Waals surface area (Å²) in [6.07, 6.45) is -0.124. The lowest BCUT2D eigenvalue weighted by molar-refractivity contribution is 0.0910. The smallest absolute Gasteiger partial charge is 0.272 e. The summed E-state index contributed by atoms with van der Waals surface area (Å²) < 4.78 is 16.9. The van der Waals surface area contributed by atoms with E-state index in [-0.39, 0.29) is 12.0 Å². The summed E-state index contributed by atoms with van der Waals surface area (Å²) in [4.78, 5) is 37.5. The van der Waals surface area contributed by atoms with Gasteiger partial charge in [0.05, 0.1) is 18.2 Å². The normalized spacial score (nSPS) is 16.4. The summed E-state index contributed by atoms with van der Waals surface area (Å²) in [5, 5.41) is 0. The molecule has 7 heteroatoms. The molecular formula is C17H12FN3O3. The van der Waals surface area contributed by atoms with Crippen LogP contribution in [0.3, 0.4) is 0 Å². The largest absolute Gasteiger partial charge is 0.359 e. The molecule has 3 aromatic rings. The minimum Gasteiger partial charge on any atom is -0.272 e. The van der Waals surface area contributed by atoms with E-state index in [1.807, 2.05) is 0 Å². The van der Waals surface area contributed by atoms with E-state index in [1.54, 1.807) is 36.4 Å². The van der Waals surface area contributed by atoms with Crippen molar-refractivity contribution in [3.8, 4) is 5.69 Å². The third-order valence-corrected chi connectivity index (χ3v) is 4.15. The van der Waals surface area contributed by atoms with Crippen LogP contribution < -0.4 is 11.4 Å². The molecule has 0 aliphatic carbocycles. The molecule has 0 saturated carbocycles. The first-order chi connectivity index (χ1) is 11.6. The number of halogens is 1. The number of fused-ring (bicyclic) bond motifs is 1. The van der Waals surface area contributed by atoms with Gasteiger partial charge < -0.3 is 0 Å². The minimum atomic E-state index is -0.830. The first-order valence-electron chi connectivity index (χ1n) is 7.39. The molecule has 4 rings (SSSR count). The number of hydrogen-bond donors (Lipinski definition) is 0. The van der Waals surface area contributed by atoms with Crippen LogP contribution in [0.4, 0.5) is 4.39 Å². The second-order valence-electron chi connectivity index (χ2n) is 5.53. The number of benzene rings is 2. The second kappa shape index (κ2) is 5.16. The van der Waals surface area contributed by atoms with Gasteiger partial charge in [-0.25, -0.2) is 23.2 Å². The summed E-state index contributed by atoms with van der Waals surface area (Å²) in [5.74, 6) is -1.05. The molecular weight excluding hydrogens is 313 g/mol. The summed E-state index contributed by atoms with van der Waals surface area (Å²) >= 11 is 0. The van der Waals surface area contributed by atoms with Gasteiger partial charge >= 0.3 is 11.4 Å². The Morgan fingerprint density at radius 2 is 1.54 bits per heavy atom. The monoisotopic (exact) mass is 325 g/mol. The summed E-state index contributed by atoms with van der Waals surface area (Å²) in [5.41, 5.74) is -0.827. The van der Waals surface area contributed by atoms with E-state index >= 15 is 0 Å². The third kappa shape index (κ3) is 1.91. The van der Waals surface area contributed by atoms with Crippen molar-refractivity contribution in [1.82, 2.24) is 13.9 Å². The van der Waals surface area contributed by atoms with E-state index in [2.05, 4.69) is 0 Å². The Morgan fingerprint density at radius 1 is 0.875 bits per heavy atom. The van der Waals surface area contributed by atoms with E-state index < -0.39 is 29.1 Å². The first kappa shape index (κ1) is 14.4. The Balaban J connectivity index is 1.99. The molecule has 0 saturated heterocycles. The Labute approximate surface area is 135 Å². The van der Waals surface area contributed by atoms with Gasteiger partial charge in [-0.05, 0) is 18.2 Å². The number of hydrogen-bond acceptors (Lipinski definition) is 3. The maximum Gasteiger partial charge on any atom is 0.359 e. The highest BCUT2D eigenvalue weighted by molar-refractivity contribution is 5.80. The molecule has 0 spiro atoms. The lowest BCUT2D eigenvalue weighted by Gasteiger charge is -2.11. The molecule has 0 bridgehead atoms. The van der Waals surface area contributed by atoms with Gasteiger partial charge in [-0.1, -0.05) is 36.4 Å². The van der Waals surface area contributed by atoms with Crippen LogP contribution in [-0.4, -0.2) is 19.8 Å². The maximum atomic E-state index is 14.1. The van der Waals surface area contributed by atoms with E-state index in [4.69, 9.17) is 0 Å². The Kier molecular flexibility index (Phi) is 3.09. The number of aromatic nitrogens is 3. The van der Waals surface area contributed by atoms with Gasteiger partial charge in [0, 0.05) is 5.56 Å². The van der Waals surface area contributed by atoms with Crippen molar-refractivity contribution in [3.05, 3.63) is 86.9 Å². The van der Waals surface area contributed by atoms with Gasteiger partial charge in [0.25, 0.3) is 5.91 Å². The highest BCUT2D eigenvalue weighted by Crippen LogP contribution is 2.27. The van der Waals surface area contributed by atoms with Crippen LogP contribution in [0.5, 0.6) is 0 Å². The lowest BCUT2D eigenvalue weighted by atomic mass is 10.0. The Bertz CT molecular complexity index is 1060. The van der Waals surface area contributed by atoms with E-state index in [9.17, 15) is 18.8 Å². The molecule has 2 heterocycles. The average molecular weight is 325 g/mol. The number of carbonyl (C=O) groups is 1. The van der Waals surface area contributed by atoms with Crippen LogP contribution in [0.2, 0.25) is 0 Å². The van der Waals surface area contributed by atoms with Crippen molar-refractivity contribution in [2.75, 3.05) is 0 Å². The standard InChI is InChI=1S/C17H12FN3O3/c18-13-9-5-4-8-12(13)14-10-15(22)21-17(24)19(16(23)20(14)21)11-6-2-1-3-7-11/h1-9,14H,10H2. The molecule has 1 aliphatic heterocycles. The minimum absolute atomic E-state index is 0.124. The van der Waals surface area contributed by atoms with Gasteiger partial charge in [0.1, 0.15) is 5.82 Å². The zero-order valence-electron chi connectivity index (χ0n) is 12.4. The van der Waals surface area contributed by atoms with Gasteiger partial charge in [0.2, 0.25) is 0 Å². The molecule has 0 fully saturated rings. The summed E-state index contributed by atoms with van der Waals surface area (Å²) in [6, 6.07) is 13.4. The van der Waals surface area contributed by atoms with Crippen molar-refractivity contribution in [2.45, 2.75) is 12.5 Å². The van der Waals surface area contributed by atoms with Crippen molar-refractivity contribution >= 4 is 5.91 Å². The van der Waals surface area contributed by atoms with E-state index in [0.29, 0.717) is 5.69 Å². The number of para-hydroxylation sites is 1. The third-order valence-electron chi connectivity index (χ3n) is 4.15. The van der Waals surface area contributed by atoms with Crippen molar-refractivity contribution in [1.29, 1.82) is 0 Å². The van der Waals surface area contributed by atoms with Gasteiger partial charge in [-0.3, -0.25) is 4.79 Å². The predicted octanol–water partition coefficient (Wildman–Crippen LogP) is 1.57. The number of carbonyl (C=O) groups excluding carboxylic acids is 1. The molecule has 0 N–H and O–H groups in total. The zero-order chi connectivity index (χ0) is 16.8. The van der Waals surface area contributed by atoms with Crippen molar-refractivity contribution in [3.63, 3.8) is 0 Å². The van der Waals surface area contributed by atoms with Crippen LogP contribution in [0.1, 0.15) is 22.8 Å². The van der Waals surface area contributed by atoms with Gasteiger partial charge in [-0.2, -0.15) is 4.68 Å². The predicted molar refractivity (Wildman–Crippen MR) is 84.1 cm³/mol. The summed E-state index contributed by atoms with van der Waals surface area (Å²) in [7, 11) is 0. The fourth-order valence-electron chi connectivity index (χ4n) is 3.08. The van der Waals surface area contributed by atoms with Crippen LogP contribution in [0.25, 0.3) is 5.69 Å². The van der Waals surface area contributed by atoms with Crippen LogP contribution in [0.15, 0.2) is 64.2 Å². The van der Waals surface area contributed by atoms with Gasteiger partial charge in [-0.15, -0.1) is 0 Å². The molecule has 1 aromatic heterocycles. The lowest BCUT2D eigenvalue weighted by Crippen LogP contribution is -2.30. The Morgan fingerprint density at radius 3 is 2.25 bits per heavy atom. The second-order valence-corrected chi connectivity index (χ2v) is 5.53. The topological polar surface area (TPSA) is 66.0 Å². The SMILES string of the molecule is O=C1CC(c2ccccc2F)n2c(=O)n(-c3ccccc3)c(=O)n21. The summed E-state index contributed by atoms with van der Waals surface area (Å²) in [6.45, 7) is 0. The van der Waals surface area contributed by atoms with E-state index in [1.165, 1.54) is 18.2 Å².